The minimum Gasteiger partial charge on any atom is -0.298 e. The van der Waals surface area contributed by atoms with E-state index in [0.29, 0.717) is 27.5 Å². The van der Waals surface area contributed by atoms with Gasteiger partial charge in [0, 0.05) is 29.6 Å². The summed E-state index contributed by atoms with van der Waals surface area (Å²) in [5, 5.41) is 4.04. The Bertz CT molecular complexity index is 1460. The molecule has 36 heavy (non-hydrogen) atoms. The minimum absolute atomic E-state index is 0.0732. The van der Waals surface area contributed by atoms with E-state index in [2.05, 4.69) is 12.8 Å². The Morgan fingerprint density at radius 3 is 2.61 bits per heavy atom. The number of benzene rings is 2. The molecule has 0 bridgehead atoms. The first-order valence-corrected chi connectivity index (χ1v) is 12.8. The highest BCUT2D eigenvalue weighted by Crippen LogP contribution is 2.47. The maximum atomic E-state index is 14.3. The predicted molar refractivity (Wildman–Crippen MR) is 138 cm³/mol. The summed E-state index contributed by atoms with van der Waals surface area (Å²) in [6.45, 7) is 0. The van der Waals surface area contributed by atoms with Crippen LogP contribution in [0.5, 0.6) is 0 Å². The van der Waals surface area contributed by atoms with Gasteiger partial charge in [-0.2, -0.15) is 11.3 Å². The number of carbonyl (C=O) groups is 2. The van der Waals surface area contributed by atoms with E-state index in [9.17, 15) is 18.4 Å². The molecule has 0 saturated carbocycles. The number of ketones is 1. The Morgan fingerprint density at radius 1 is 1.08 bits per heavy atom. The van der Waals surface area contributed by atoms with Gasteiger partial charge < -0.3 is 0 Å². The third kappa shape index (κ3) is 4.23. The van der Waals surface area contributed by atoms with Crippen LogP contribution in [0.15, 0.2) is 77.5 Å². The highest BCUT2D eigenvalue weighted by atomic mass is 35.5. The normalized spacial score (nSPS) is 20.1. The van der Waals surface area contributed by atoms with Crippen LogP contribution in [0, 0.1) is 11.6 Å². The first kappa shape index (κ1) is 24.6. The van der Waals surface area contributed by atoms with Crippen molar-refractivity contribution >= 4 is 47.4 Å². The summed E-state index contributed by atoms with van der Waals surface area (Å²) in [5.74, 6) is -3.23. The molecule has 0 N–H and O–H groups in total. The fourth-order valence-electron chi connectivity index (χ4n) is 4.63. The lowest BCUT2D eigenvalue weighted by atomic mass is 9.74. The van der Waals surface area contributed by atoms with E-state index in [1.165, 1.54) is 27.8 Å². The molecule has 0 aliphatic carbocycles. The number of Topliss-reactive ketones (excluding diaryl/α,β-unsaturated/α-hetero) is 1. The van der Waals surface area contributed by atoms with Gasteiger partial charge in [0.2, 0.25) is 5.91 Å². The van der Waals surface area contributed by atoms with Gasteiger partial charge in [0.25, 0.3) is 0 Å². The molecule has 2 atom stereocenters. The Morgan fingerprint density at radius 2 is 1.89 bits per heavy atom. The summed E-state index contributed by atoms with van der Waals surface area (Å²) in [6.07, 6.45) is 0.0343. The molecule has 182 valence electrons. The number of nitrogens with zero attached hydrogens (tertiary/aromatic N) is 2. The molecule has 1 saturated heterocycles. The molecule has 2 aromatic carbocycles. The van der Waals surface area contributed by atoms with E-state index in [4.69, 9.17) is 16.6 Å². The standard InChI is InChI=1S/C27H19ClF2N2O2S2/c28-21-6-2-1-5-20(21)25-23(33)14-27(32(35)26(25)34,17-10-11-36-15-17)24-7-3-4-19(31-24)12-16-8-9-18(29)13-22(16)30/h1-11,13,15,25,35H,12,14H2. The first-order chi connectivity index (χ1) is 17.3. The molecule has 2 aromatic heterocycles. The van der Waals surface area contributed by atoms with Crippen LogP contribution in [-0.4, -0.2) is 21.0 Å². The number of halogens is 3. The predicted octanol–water partition coefficient (Wildman–Crippen LogP) is 6.34. The Hall–Kier alpha value is -3.07. The van der Waals surface area contributed by atoms with Crippen molar-refractivity contribution in [1.82, 2.24) is 9.29 Å². The lowest BCUT2D eigenvalue weighted by Crippen LogP contribution is -2.54. The molecule has 3 heterocycles. The van der Waals surface area contributed by atoms with Gasteiger partial charge in [-0.25, -0.2) is 8.78 Å². The van der Waals surface area contributed by atoms with Gasteiger partial charge in [-0.15, -0.1) is 0 Å². The molecule has 1 aliphatic heterocycles. The lowest BCUT2D eigenvalue weighted by molar-refractivity contribution is -0.142. The summed E-state index contributed by atoms with van der Waals surface area (Å²) >= 11 is 12.4. The SMILES string of the molecule is O=C1CC(c2ccsc2)(c2cccc(Cc3ccc(F)cc3F)n2)N(S)C(=O)C1c1ccccc1Cl. The fraction of sp³-hybridized carbons (Fsp3) is 0.148. The molecule has 4 nitrogen and oxygen atoms in total. The number of rotatable bonds is 5. The lowest BCUT2D eigenvalue weighted by Gasteiger charge is -2.45. The van der Waals surface area contributed by atoms with Crippen LogP contribution >= 0.6 is 35.8 Å². The van der Waals surface area contributed by atoms with Crippen LogP contribution in [0.1, 0.15) is 40.4 Å². The smallest absolute Gasteiger partial charge is 0.248 e. The van der Waals surface area contributed by atoms with Gasteiger partial charge >= 0.3 is 0 Å². The van der Waals surface area contributed by atoms with Crippen LogP contribution in [0.2, 0.25) is 5.02 Å². The zero-order valence-corrected chi connectivity index (χ0v) is 21.2. The molecule has 1 amide bonds. The molecule has 1 aliphatic rings. The maximum Gasteiger partial charge on any atom is 0.248 e. The van der Waals surface area contributed by atoms with E-state index >= 15 is 0 Å². The van der Waals surface area contributed by atoms with Crippen molar-refractivity contribution in [3.8, 4) is 0 Å². The summed E-state index contributed by atoms with van der Waals surface area (Å²) < 4.78 is 28.9. The molecule has 1 fully saturated rings. The van der Waals surface area contributed by atoms with Crippen molar-refractivity contribution in [2.45, 2.75) is 24.3 Å². The average Bonchev–Trinajstić information content (AvgIpc) is 3.40. The highest BCUT2D eigenvalue weighted by Gasteiger charge is 2.53. The topological polar surface area (TPSA) is 50.3 Å². The van der Waals surface area contributed by atoms with Crippen molar-refractivity contribution < 1.29 is 18.4 Å². The van der Waals surface area contributed by atoms with E-state index in [1.54, 1.807) is 42.5 Å². The molecular weight excluding hydrogens is 522 g/mol. The molecular formula is C27H19ClF2N2O2S2. The van der Waals surface area contributed by atoms with Crippen LogP contribution < -0.4 is 0 Å². The number of carbonyl (C=O) groups excluding carboxylic acids is 2. The van der Waals surface area contributed by atoms with Crippen LogP contribution in [0.25, 0.3) is 0 Å². The van der Waals surface area contributed by atoms with Gasteiger partial charge in [-0.1, -0.05) is 54.7 Å². The minimum atomic E-state index is -1.27. The second-order valence-corrected chi connectivity index (χ2v) is 10.1. The van der Waals surface area contributed by atoms with Gasteiger partial charge in [-0.3, -0.25) is 18.9 Å². The molecule has 5 rings (SSSR count). The number of thiol groups is 1. The van der Waals surface area contributed by atoms with E-state index < -0.39 is 29.0 Å². The van der Waals surface area contributed by atoms with Crippen molar-refractivity contribution in [2.24, 2.45) is 0 Å². The second kappa shape index (κ2) is 9.76. The first-order valence-electron chi connectivity index (χ1n) is 11.0. The quantitative estimate of drug-likeness (QED) is 0.237. The largest absolute Gasteiger partial charge is 0.298 e. The van der Waals surface area contributed by atoms with Gasteiger partial charge in [0.15, 0.2) is 5.78 Å². The number of amides is 1. The molecule has 2 unspecified atom stereocenters. The molecule has 4 aromatic rings. The van der Waals surface area contributed by atoms with E-state index in [1.807, 2.05) is 16.8 Å². The Balaban J connectivity index is 1.59. The van der Waals surface area contributed by atoms with E-state index in [0.717, 1.165) is 6.07 Å². The third-order valence-corrected chi connectivity index (χ3v) is 7.97. The van der Waals surface area contributed by atoms with Gasteiger partial charge in [0.1, 0.15) is 23.1 Å². The average molecular weight is 541 g/mol. The fourth-order valence-corrected chi connectivity index (χ4v) is 6.01. The second-order valence-electron chi connectivity index (χ2n) is 8.55. The monoisotopic (exact) mass is 540 g/mol. The molecule has 0 radical (unpaired) electrons. The summed E-state index contributed by atoms with van der Waals surface area (Å²) in [5.41, 5.74) is 1.06. The number of piperidine rings is 1. The zero-order valence-electron chi connectivity index (χ0n) is 18.7. The number of hydrogen-bond acceptors (Lipinski definition) is 5. The van der Waals surface area contributed by atoms with Gasteiger partial charge in [0.05, 0.1) is 5.69 Å². The van der Waals surface area contributed by atoms with Crippen LogP contribution in [-0.2, 0) is 21.5 Å². The van der Waals surface area contributed by atoms with E-state index in [-0.39, 0.29) is 24.2 Å². The number of hydrogen-bond donors (Lipinski definition) is 1. The Kier molecular flexibility index (Phi) is 6.68. The van der Waals surface area contributed by atoms with Crippen LogP contribution in [0.4, 0.5) is 8.78 Å². The van der Waals surface area contributed by atoms with Crippen molar-refractivity contribution in [2.75, 3.05) is 0 Å². The van der Waals surface area contributed by atoms with Crippen molar-refractivity contribution in [3.63, 3.8) is 0 Å². The van der Waals surface area contributed by atoms with Crippen molar-refractivity contribution in [1.29, 1.82) is 0 Å². The third-order valence-electron chi connectivity index (χ3n) is 6.40. The van der Waals surface area contributed by atoms with Crippen molar-refractivity contribution in [3.05, 3.63) is 122 Å². The number of thiophene rings is 1. The Labute approximate surface area is 221 Å². The maximum absolute atomic E-state index is 14.3. The van der Waals surface area contributed by atoms with Crippen LogP contribution in [0.3, 0.4) is 0 Å². The summed E-state index contributed by atoms with van der Waals surface area (Å²) in [4.78, 5) is 32.0. The zero-order chi connectivity index (χ0) is 25.4. The summed E-state index contributed by atoms with van der Waals surface area (Å²) in [7, 11) is 0. The van der Waals surface area contributed by atoms with Gasteiger partial charge in [-0.05, 0) is 57.8 Å². The summed E-state index contributed by atoms with van der Waals surface area (Å²) in [6, 6.07) is 17.2. The number of aromatic nitrogens is 1. The number of pyridine rings is 1. The molecule has 9 heteroatoms. The highest BCUT2D eigenvalue weighted by molar-refractivity contribution is 7.78. The molecule has 0 spiro atoms.